The zero-order valence-corrected chi connectivity index (χ0v) is 22.8. The predicted molar refractivity (Wildman–Crippen MR) is 156 cm³/mol. The highest BCUT2D eigenvalue weighted by molar-refractivity contribution is 6.32. The number of nitro benzene ring substituents is 1. The van der Waals surface area contributed by atoms with Gasteiger partial charge in [-0.2, -0.15) is 0 Å². The number of carbonyl (C=O) groups excluding carboxylic acids is 3. The van der Waals surface area contributed by atoms with E-state index in [2.05, 4.69) is 0 Å². The van der Waals surface area contributed by atoms with Crippen molar-refractivity contribution < 1.29 is 28.4 Å². The number of nitrogens with zero attached hydrogens (tertiary/aromatic N) is 2. The molecule has 0 radical (unpaired) electrons. The van der Waals surface area contributed by atoms with E-state index in [4.69, 9.17) is 4.74 Å². The molecule has 3 aliphatic rings. The smallest absolute Gasteiger partial charge is 0.269 e. The molecule has 9 heteroatoms. The molecular formula is C34H23FN2O6. The normalized spacial score (nSPS) is 21.0. The minimum atomic E-state index is -1.83. The van der Waals surface area contributed by atoms with Crippen LogP contribution in [0.5, 0.6) is 5.75 Å². The largest absolute Gasteiger partial charge is 0.497 e. The second kappa shape index (κ2) is 9.55. The Morgan fingerprint density at radius 3 is 2.35 bits per heavy atom. The van der Waals surface area contributed by atoms with Gasteiger partial charge in [-0.15, -0.1) is 0 Å². The maximum atomic E-state index is 14.7. The van der Waals surface area contributed by atoms with Crippen LogP contribution in [0.15, 0.2) is 97.1 Å². The van der Waals surface area contributed by atoms with E-state index in [-0.39, 0.29) is 22.4 Å². The third-order valence-electron chi connectivity index (χ3n) is 8.83. The van der Waals surface area contributed by atoms with Crippen LogP contribution in [-0.4, -0.2) is 41.5 Å². The highest BCUT2D eigenvalue weighted by atomic mass is 19.1. The molecule has 43 heavy (non-hydrogen) atoms. The van der Waals surface area contributed by atoms with Gasteiger partial charge in [0.25, 0.3) is 5.69 Å². The zero-order chi connectivity index (χ0) is 30.0. The summed E-state index contributed by atoms with van der Waals surface area (Å²) in [4.78, 5) is 57.1. The molecular weight excluding hydrogens is 551 g/mol. The summed E-state index contributed by atoms with van der Waals surface area (Å²) in [5.74, 6) is -2.53. The maximum absolute atomic E-state index is 14.7. The second-order valence-electron chi connectivity index (χ2n) is 10.9. The van der Waals surface area contributed by atoms with E-state index in [1.165, 1.54) is 43.5 Å². The van der Waals surface area contributed by atoms with E-state index >= 15 is 0 Å². The Labute approximate surface area is 245 Å². The van der Waals surface area contributed by atoms with E-state index in [1.807, 2.05) is 0 Å². The standard InChI is InChI=1S/C34H23FN2O6/c1-43-24-9-5-7-21(18-24)31(38)30-29(20-6-4-8-23(17-20)37(41)42)34(32(39)25-10-2-3-11-26(25)33(34)40)28-15-12-19-16-22(35)13-14-27(19)36(28)30/h2-18,28-30H,1H3/t28-,29-,30+/m0/s1. The molecule has 4 aromatic carbocycles. The van der Waals surface area contributed by atoms with Crippen LogP contribution in [0.1, 0.15) is 48.1 Å². The van der Waals surface area contributed by atoms with E-state index in [0.29, 0.717) is 22.6 Å². The fraction of sp³-hybridized carbons (Fsp3) is 0.147. The Balaban J connectivity index is 1.56. The number of nitro groups is 1. The Morgan fingerprint density at radius 1 is 0.930 bits per heavy atom. The Kier molecular flexibility index (Phi) is 5.88. The first-order valence-corrected chi connectivity index (χ1v) is 13.6. The zero-order valence-electron chi connectivity index (χ0n) is 22.8. The first-order chi connectivity index (χ1) is 20.8. The second-order valence-corrected chi connectivity index (χ2v) is 10.9. The van der Waals surface area contributed by atoms with Crippen LogP contribution in [0.25, 0.3) is 6.08 Å². The molecule has 0 saturated carbocycles. The van der Waals surface area contributed by atoms with Crippen LogP contribution in [-0.2, 0) is 0 Å². The van der Waals surface area contributed by atoms with Crippen LogP contribution in [0.2, 0.25) is 0 Å². The van der Waals surface area contributed by atoms with Gasteiger partial charge in [0.15, 0.2) is 17.3 Å². The van der Waals surface area contributed by atoms with Gasteiger partial charge in [-0.3, -0.25) is 24.5 Å². The van der Waals surface area contributed by atoms with E-state index in [1.54, 1.807) is 71.6 Å². The average molecular weight is 575 g/mol. The lowest BCUT2D eigenvalue weighted by Gasteiger charge is -2.37. The summed E-state index contributed by atoms with van der Waals surface area (Å²) in [5, 5.41) is 11.9. The van der Waals surface area contributed by atoms with Crippen molar-refractivity contribution >= 4 is 34.8 Å². The fourth-order valence-corrected chi connectivity index (χ4v) is 7.10. The minimum Gasteiger partial charge on any atom is -0.497 e. The van der Waals surface area contributed by atoms with Crippen LogP contribution in [0.4, 0.5) is 15.8 Å². The SMILES string of the molecule is COc1cccc(C(=O)[C@H]2[C@H](c3cccc([N+](=O)[O-])c3)C3(C(=O)c4ccccc4C3=O)[C@@H]3C=Cc4cc(F)ccc4N32)c1. The molecule has 2 aliphatic heterocycles. The monoisotopic (exact) mass is 574 g/mol. The van der Waals surface area contributed by atoms with Gasteiger partial charge in [0.2, 0.25) is 0 Å². The Morgan fingerprint density at radius 2 is 1.65 bits per heavy atom. The Hall–Kier alpha value is -5.44. The van der Waals surface area contributed by atoms with Crippen molar-refractivity contribution in [1.29, 1.82) is 0 Å². The topological polar surface area (TPSA) is 107 Å². The molecule has 1 saturated heterocycles. The van der Waals surface area contributed by atoms with Crippen molar-refractivity contribution in [1.82, 2.24) is 0 Å². The van der Waals surface area contributed by atoms with Gasteiger partial charge in [-0.25, -0.2) is 4.39 Å². The molecule has 1 aliphatic carbocycles. The lowest BCUT2D eigenvalue weighted by Crippen LogP contribution is -2.48. The number of ketones is 3. The molecule has 7 rings (SSSR count). The molecule has 1 spiro atoms. The van der Waals surface area contributed by atoms with Gasteiger partial charge < -0.3 is 9.64 Å². The number of Topliss-reactive ketones (excluding diaryl/α,β-unsaturated/α-hetero) is 3. The van der Waals surface area contributed by atoms with Crippen LogP contribution >= 0.6 is 0 Å². The molecule has 0 bridgehead atoms. The summed E-state index contributed by atoms with van der Waals surface area (Å²) in [6.07, 6.45) is 3.33. The quantitative estimate of drug-likeness (QED) is 0.123. The number of ether oxygens (including phenoxy) is 1. The Bertz CT molecular complexity index is 1880. The molecule has 8 nitrogen and oxygen atoms in total. The van der Waals surface area contributed by atoms with E-state index in [9.17, 15) is 28.9 Å². The number of fused-ring (bicyclic) bond motifs is 5. The summed E-state index contributed by atoms with van der Waals surface area (Å²) in [7, 11) is 1.48. The van der Waals surface area contributed by atoms with Crippen molar-refractivity contribution in [2.75, 3.05) is 12.0 Å². The number of halogens is 1. The van der Waals surface area contributed by atoms with Gasteiger partial charge in [-0.1, -0.05) is 60.7 Å². The molecule has 0 aromatic heterocycles. The molecule has 0 amide bonds. The lowest BCUT2D eigenvalue weighted by atomic mass is 9.64. The number of methoxy groups -OCH3 is 1. The fourth-order valence-electron chi connectivity index (χ4n) is 7.10. The number of carbonyl (C=O) groups is 3. The maximum Gasteiger partial charge on any atom is 0.269 e. The van der Waals surface area contributed by atoms with Crippen LogP contribution in [0.3, 0.4) is 0 Å². The predicted octanol–water partition coefficient (Wildman–Crippen LogP) is 6.06. The highest BCUT2D eigenvalue weighted by Gasteiger charge is 2.71. The molecule has 0 N–H and O–H groups in total. The first-order valence-electron chi connectivity index (χ1n) is 13.6. The highest BCUT2D eigenvalue weighted by Crippen LogP contribution is 2.61. The molecule has 4 aromatic rings. The van der Waals surface area contributed by atoms with Crippen molar-refractivity contribution in [3.63, 3.8) is 0 Å². The number of benzene rings is 4. The van der Waals surface area contributed by atoms with Gasteiger partial charge in [0, 0.05) is 46.0 Å². The molecule has 1 fully saturated rings. The van der Waals surface area contributed by atoms with Crippen molar-refractivity contribution in [3.05, 3.63) is 141 Å². The van der Waals surface area contributed by atoms with Gasteiger partial charge in [-0.05, 0) is 35.9 Å². The molecule has 2 heterocycles. The van der Waals surface area contributed by atoms with Crippen molar-refractivity contribution in [2.24, 2.45) is 5.41 Å². The van der Waals surface area contributed by atoms with Crippen molar-refractivity contribution in [2.45, 2.75) is 18.0 Å². The number of hydrogen-bond donors (Lipinski definition) is 0. The number of rotatable bonds is 5. The number of non-ortho nitro benzene ring substituents is 1. The summed E-state index contributed by atoms with van der Waals surface area (Å²) in [6.45, 7) is 0. The third kappa shape index (κ3) is 3.64. The average Bonchev–Trinajstić information content (AvgIpc) is 3.46. The van der Waals surface area contributed by atoms with Crippen LogP contribution < -0.4 is 9.64 Å². The summed E-state index contributed by atoms with van der Waals surface area (Å²) in [6, 6.07) is 20.8. The van der Waals surface area contributed by atoms with E-state index in [0.717, 1.165) is 0 Å². The lowest BCUT2D eigenvalue weighted by molar-refractivity contribution is -0.384. The van der Waals surface area contributed by atoms with Gasteiger partial charge in [0.1, 0.15) is 23.0 Å². The first kappa shape index (κ1) is 26.5. The van der Waals surface area contributed by atoms with Gasteiger partial charge in [0.05, 0.1) is 18.1 Å². The minimum absolute atomic E-state index is 0.232. The third-order valence-corrected chi connectivity index (χ3v) is 8.83. The van der Waals surface area contributed by atoms with Gasteiger partial charge >= 0.3 is 0 Å². The summed E-state index contributed by atoms with van der Waals surface area (Å²) in [5.41, 5.74) is -0.0878. The number of hydrogen-bond acceptors (Lipinski definition) is 7. The summed E-state index contributed by atoms with van der Waals surface area (Å²) < 4.78 is 19.8. The van der Waals surface area contributed by atoms with Crippen molar-refractivity contribution in [3.8, 4) is 5.75 Å². The van der Waals surface area contributed by atoms with Crippen LogP contribution in [0, 0.1) is 21.3 Å². The molecule has 3 atom stereocenters. The molecule has 0 unspecified atom stereocenters. The summed E-state index contributed by atoms with van der Waals surface area (Å²) >= 11 is 0. The van der Waals surface area contributed by atoms with E-state index < -0.39 is 51.5 Å². The molecule has 212 valence electrons. The number of anilines is 1.